The number of phenols is 2. The predicted octanol–water partition coefficient (Wildman–Crippen LogP) is 2.53. The molecule has 0 saturated carbocycles. The highest BCUT2D eigenvalue weighted by Gasteiger charge is 2.16. The van der Waals surface area contributed by atoms with Gasteiger partial charge in [-0.05, 0) is 25.0 Å². The van der Waals surface area contributed by atoms with E-state index in [0.29, 0.717) is 12.0 Å². The van der Waals surface area contributed by atoms with Crippen molar-refractivity contribution >= 4 is 5.97 Å². The predicted molar refractivity (Wildman–Crippen MR) is 60.0 cm³/mol. The highest BCUT2D eigenvalue weighted by molar-refractivity contribution is 5.90. The van der Waals surface area contributed by atoms with Crippen molar-refractivity contribution in [3.63, 3.8) is 0 Å². The van der Waals surface area contributed by atoms with E-state index in [1.807, 2.05) is 6.92 Å². The van der Waals surface area contributed by atoms with Crippen molar-refractivity contribution in [2.75, 3.05) is 0 Å². The maximum atomic E-state index is 10.9. The molecule has 0 heterocycles. The molecule has 1 aromatic carbocycles. The number of unbranched alkanes of at least 4 members (excludes halogenated alkanes) is 2. The lowest BCUT2D eigenvalue weighted by molar-refractivity contribution is 0.0695. The van der Waals surface area contributed by atoms with Gasteiger partial charge in [0.2, 0.25) is 0 Å². The van der Waals surface area contributed by atoms with E-state index < -0.39 is 5.97 Å². The van der Waals surface area contributed by atoms with Crippen LogP contribution in [0, 0.1) is 0 Å². The quantitative estimate of drug-likeness (QED) is 0.530. The number of benzene rings is 1. The third kappa shape index (κ3) is 2.66. The van der Waals surface area contributed by atoms with Crippen LogP contribution in [0.1, 0.15) is 42.1 Å². The molecule has 0 spiro atoms. The third-order valence-electron chi connectivity index (χ3n) is 2.52. The lowest BCUT2D eigenvalue weighted by Gasteiger charge is -2.09. The minimum atomic E-state index is -1.08. The van der Waals surface area contributed by atoms with Crippen molar-refractivity contribution in [2.24, 2.45) is 0 Å². The number of rotatable bonds is 5. The van der Waals surface area contributed by atoms with Gasteiger partial charge in [0.25, 0.3) is 0 Å². The standard InChI is InChI=1S/C12H16O4/c1-2-3-4-5-8-9(12(15)16)6-7-10(13)11(8)14/h6-7,13-14H,2-5H2,1H3,(H,15,16). The molecule has 4 nitrogen and oxygen atoms in total. The van der Waals surface area contributed by atoms with E-state index in [2.05, 4.69) is 0 Å². The van der Waals surface area contributed by atoms with E-state index in [0.717, 1.165) is 19.3 Å². The van der Waals surface area contributed by atoms with Gasteiger partial charge in [0.1, 0.15) is 0 Å². The number of hydrogen-bond donors (Lipinski definition) is 3. The molecule has 0 fully saturated rings. The van der Waals surface area contributed by atoms with Gasteiger partial charge < -0.3 is 15.3 Å². The molecular weight excluding hydrogens is 208 g/mol. The van der Waals surface area contributed by atoms with E-state index in [-0.39, 0.29) is 17.1 Å². The van der Waals surface area contributed by atoms with Crippen LogP contribution in [0.4, 0.5) is 0 Å². The van der Waals surface area contributed by atoms with Crippen molar-refractivity contribution in [1.29, 1.82) is 0 Å². The van der Waals surface area contributed by atoms with Gasteiger partial charge in [-0.1, -0.05) is 19.8 Å². The zero-order chi connectivity index (χ0) is 12.1. The van der Waals surface area contributed by atoms with Crippen LogP contribution in [-0.2, 0) is 6.42 Å². The molecule has 0 unspecified atom stereocenters. The summed E-state index contributed by atoms with van der Waals surface area (Å²) in [5, 5.41) is 27.9. The summed E-state index contributed by atoms with van der Waals surface area (Å²) in [6.45, 7) is 2.04. The Morgan fingerprint density at radius 3 is 2.50 bits per heavy atom. The van der Waals surface area contributed by atoms with Gasteiger partial charge in [-0.15, -0.1) is 0 Å². The van der Waals surface area contributed by atoms with Gasteiger partial charge in [0, 0.05) is 5.56 Å². The van der Waals surface area contributed by atoms with Crippen molar-refractivity contribution in [3.8, 4) is 11.5 Å². The maximum absolute atomic E-state index is 10.9. The maximum Gasteiger partial charge on any atom is 0.336 e. The van der Waals surface area contributed by atoms with Crippen LogP contribution in [-0.4, -0.2) is 21.3 Å². The van der Waals surface area contributed by atoms with Gasteiger partial charge in [-0.3, -0.25) is 0 Å². The highest BCUT2D eigenvalue weighted by Crippen LogP contribution is 2.32. The average molecular weight is 224 g/mol. The zero-order valence-electron chi connectivity index (χ0n) is 9.23. The van der Waals surface area contributed by atoms with Crippen molar-refractivity contribution < 1.29 is 20.1 Å². The number of carboxylic acid groups (broad SMARTS) is 1. The molecule has 1 aromatic rings. The SMILES string of the molecule is CCCCCc1c(C(=O)O)ccc(O)c1O. The van der Waals surface area contributed by atoms with Gasteiger partial charge in [-0.2, -0.15) is 0 Å². The molecule has 4 heteroatoms. The van der Waals surface area contributed by atoms with E-state index in [1.54, 1.807) is 0 Å². The summed E-state index contributed by atoms with van der Waals surface area (Å²) in [6.07, 6.45) is 3.25. The first-order valence-corrected chi connectivity index (χ1v) is 5.35. The third-order valence-corrected chi connectivity index (χ3v) is 2.52. The molecule has 0 atom stereocenters. The summed E-state index contributed by atoms with van der Waals surface area (Å²) < 4.78 is 0. The summed E-state index contributed by atoms with van der Waals surface area (Å²) in [7, 11) is 0. The van der Waals surface area contributed by atoms with Crippen molar-refractivity contribution in [3.05, 3.63) is 23.3 Å². The number of aromatic carboxylic acids is 1. The number of carboxylic acids is 1. The minimum absolute atomic E-state index is 0.0615. The molecule has 0 aliphatic rings. The van der Waals surface area contributed by atoms with Crippen LogP contribution in [0.2, 0.25) is 0 Å². The smallest absolute Gasteiger partial charge is 0.336 e. The molecule has 0 aromatic heterocycles. The van der Waals surface area contributed by atoms with Gasteiger partial charge >= 0.3 is 5.97 Å². The Kier molecular flexibility index (Phi) is 4.17. The van der Waals surface area contributed by atoms with Crippen molar-refractivity contribution in [2.45, 2.75) is 32.6 Å². The fraction of sp³-hybridized carbons (Fsp3) is 0.417. The van der Waals surface area contributed by atoms with E-state index in [9.17, 15) is 15.0 Å². The first kappa shape index (κ1) is 12.4. The first-order valence-electron chi connectivity index (χ1n) is 5.35. The summed E-state index contributed by atoms with van der Waals surface area (Å²) in [5.74, 6) is -1.66. The van der Waals surface area contributed by atoms with Gasteiger partial charge in [0.15, 0.2) is 11.5 Å². The van der Waals surface area contributed by atoms with Crippen LogP contribution in [0.25, 0.3) is 0 Å². The van der Waals surface area contributed by atoms with Crippen LogP contribution < -0.4 is 0 Å². The molecule has 0 aliphatic heterocycles. The fourth-order valence-corrected chi connectivity index (χ4v) is 1.63. The Balaban J connectivity index is 3.01. The second-order valence-electron chi connectivity index (χ2n) is 3.72. The Labute approximate surface area is 94.2 Å². The largest absolute Gasteiger partial charge is 0.504 e. The summed E-state index contributed by atoms with van der Waals surface area (Å²) in [5.41, 5.74) is 0.382. The molecule has 0 saturated heterocycles. The summed E-state index contributed by atoms with van der Waals surface area (Å²) in [4.78, 5) is 10.9. The highest BCUT2D eigenvalue weighted by atomic mass is 16.4. The number of hydrogen-bond acceptors (Lipinski definition) is 3. The summed E-state index contributed by atoms with van der Waals surface area (Å²) >= 11 is 0. The van der Waals surface area contributed by atoms with E-state index in [4.69, 9.17) is 5.11 Å². The van der Waals surface area contributed by atoms with Gasteiger partial charge in [0.05, 0.1) is 5.56 Å². The Bertz CT molecular complexity index is 385. The Morgan fingerprint density at radius 2 is 1.94 bits per heavy atom. The number of phenolic OH excluding ortho intramolecular Hbond substituents is 2. The molecule has 0 amide bonds. The molecule has 0 bridgehead atoms. The monoisotopic (exact) mass is 224 g/mol. The zero-order valence-corrected chi connectivity index (χ0v) is 9.23. The molecule has 0 aliphatic carbocycles. The first-order chi connectivity index (χ1) is 7.57. The second-order valence-corrected chi connectivity index (χ2v) is 3.72. The molecule has 1 rings (SSSR count). The molecular formula is C12H16O4. The average Bonchev–Trinajstić information content (AvgIpc) is 2.24. The van der Waals surface area contributed by atoms with E-state index >= 15 is 0 Å². The normalized spacial score (nSPS) is 10.3. The van der Waals surface area contributed by atoms with Crippen LogP contribution in [0.15, 0.2) is 12.1 Å². The Hall–Kier alpha value is -1.71. The van der Waals surface area contributed by atoms with Crippen molar-refractivity contribution in [1.82, 2.24) is 0 Å². The number of aromatic hydroxyl groups is 2. The lowest BCUT2D eigenvalue weighted by atomic mass is 9.99. The van der Waals surface area contributed by atoms with Crippen LogP contribution in [0.5, 0.6) is 11.5 Å². The van der Waals surface area contributed by atoms with Crippen LogP contribution in [0.3, 0.4) is 0 Å². The Morgan fingerprint density at radius 1 is 1.25 bits per heavy atom. The molecule has 0 radical (unpaired) electrons. The molecule has 3 N–H and O–H groups in total. The molecule has 16 heavy (non-hydrogen) atoms. The fourth-order valence-electron chi connectivity index (χ4n) is 1.63. The topological polar surface area (TPSA) is 77.8 Å². The number of carbonyl (C=O) groups is 1. The summed E-state index contributed by atoms with van der Waals surface area (Å²) in [6, 6.07) is 2.51. The minimum Gasteiger partial charge on any atom is -0.504 e. The van der Waals surface area contributed by atoms with Gasteiger partial charge in [-0.25, -0.2) is 4.79 Å². The van der Waals surface area contributed by atoms with E-state index in [1.165, 1.54) is 12.1 Å². The van der Waals surface area contributed by atoms with Crippen LogP contribution >= 0.6 is 0 Å². The lowest BCUT2D eigenvalue weighted by Crippen LogP contribution is -2.03. The molecule has 88 valence electrons. The second kappa shape index (κ2) is 5.39.